The number of rotatable bonds is 2. The molecule has 0 radical (unpaired) electrons. The van der Waals surface area contributed by atoms with Crippen LogP contribution in [0.1, 0.15) is 15.2 Å². The number of anilines is 2. The minimum atomic E-state index is -0.935. The van der Waals surface area contributed by atoms with Gasteiger partial charge in [-0.25, -0.2) is 8.78 Å². The molecule has 0 saturated carbocycles. The van der Waals surface area contributed by atoms with Crippen molar-refractivity contribution in [1.82, 2.24) is 0 Å². The Hall–Kier alpha value is -1.66. The minimum absolute atomic E-state index is 0.185. The molecule has 0 atom stereocenters. The van der Waals surface area contributed by atoms with Crippen LogP contribution in [0.25, 0.3) is 0 Å². The van der Waals surface area contributed by atoms with Crippen LogP contribution >= 0.6 is 22.9 Å². The van der Waals surface area contributed by atoms with Crippen molar-refractivity contribution in [3.05, 3.63) is 44.6 Å². The lowest BCUT2D eigenvalue weighted by Crippen LogP contribution is -2.14. The summed E-state index contributed by atoms with van der Waals surface area (Å²) in [6.45, 7) is 1.75. The van der Waals surface area contributed by atoms with Gasteiger partial charge in [-0.2, -0.15) is 0 Å². The summed E-state index contributed by atoms with van der Waals surface area (Å²) in [7, 11) is 0. The van der Waals surface area contributed by atoms with E-state index in [1.807, 2.05) is 0 Å². The maximum absolute atomic E-state index is 13.5. The minimum Gasteiger partial charge on any atom is -0.397 e. The Morgan fingerprint density at radius 1 is 1.42 bits per heavy atom. The van der Waals surface area contributed by atoms with Crippen molar-refractivity contribution in [3.63, 3.8) is 0 Å². The second-order valence-corrected chi connectivity index (χ2v) is 5.13. The van der Waals surface area contributed by atoms with Crippen molar-refractivity contribution in [3.8, 4) is 0 Å². The molecule has 7 heteroatoms. The summed E-state index contributed by atoms with van der Waals surface area (Å²) in [4.78, 5) is 12.2. The topological polar surface area (TPSA) is 55.1 Å². The zero-order chi connectivity index (χ0) is 14.2. The SMILES string of the molecule is Cc1csc(C(=O)Nc2c(N)cc(F)cc2F)c1Cl. The number of nitrogens with one attached hydrogen (secondary N) is 1. The molecule has 0 spiro atoms. The van der Waals surface area contributed by atoms with Gasteiger partial charge in [0.15, 0.2) is 5.82 Å². The molecule has 19 heavy (non-hydrogen) atoms. The third-order valence-electron chi connectivity index (χ3n) is 2.43. The normalized spacial score (nSPS) is 10.5. The van der Waals surface area contributed by atoms with E-state index >= 15 is 0 Å². The maximum Gasteiger partial charge on any atom is 0.267 e. The van der Waals surface area contributed by atoms with Crippen molar-refractivity contribution >= 4 is 40.2 Å². The Kier molecular flexibility index (Phi) is 3.73. The van der Waals surface area contributed by atoms with Gasteiger partial charge >= 0.3 is 0 Å². The van der Waals surface area contributed by atoms with Crippen LogP contribution < -0.4 is 11.1 Å². The number of carbonyl (C=O) groups excluding carboxylic acids is 1. The summed E-state index contributed by atoms with van der Waals surface area (Å²) in [5.74, 6) is -2.33. The summed E-state index contributed by atoms with van der Waals surface area (Å²) < 4.78 is 26.4. The predicted octanol–water partition coefficient (Wildman–Crippen LogP) is 3.82. The second kappa shape index (κ2) is 5.14. The van der Waals surface area contributed by atoms with Gasteiger partial charge in [0.25, 0.3) is 5.91 Å². The number of aryl methyl sites for hydroxylation is 1. The monoisotopic (exact) mass is 302 g/mol. The van der Waals surface area contributed by atoms with Gasteiger partial charge < -0.3 is 11.1 Å². The molecule has 1 aromatic heterocycles. The van der Waals surface area contributed by atoms with Gasteiger partial charge in [-0.1, -0.05) is 11.6 Å². The van der Waals surface area contributed by atoms with Crippen molar-refractivity contribution in [2.24, 2.45) is 0 Å². The van der Waals surface area contributed by atoms with E-state index in [0.29, 0.717) is 11.1 Å². The average Bonchev–Trinajstić information content (AvgIpc) is 2.64. The fourth-order valence-electron chi connectivity index (χ4n) is 1.48. The van der Waals surface area contributed by atoms with Crippen LogP contribution in [0.5, 0.6) is 0 Å². The van der Waals surface area contributed by atoms with E-state index in [0.717, 1.165) is 23.0 Å². The third kappa shape index (κ3) is 2.69. The molecule has 2 rings (SSSR count). The van der Waals surface area contributed by atoms with Crippen LogP contribution in [0, 0.1) is 18.6 Å². The molecule has 100 valence electrons. The molecule has 2 aromatic rings. The van der Waals surface area contributed by atoms with Crippen LogP contribution in [-0.2, 0) is 0 Å². The molecule has 0 saturated heterocycles. The largest absolute Gasteiger partial charge is 0.397 e. The maximum atomic E-state index is 13.5. The van der Waals surface area contributed by atoms with Crippen LogP contribution in [0.15, 0.2) is 17.5 Å². The van der Waals surface area contributed by atoms with E-state index in [1.165, 1.54) is 0 Å². The molecular weight excluding hydrogens is 294 g/mol. The Bertz CT molecular complexity index is 634. The summed E-state index contributed by atoms with van der Waals surface area (Å²) >= 11 is 7.08. The predicted molar refractivity (Wildman–Crippen MR) is 72.8 cm³/mol. The zero-order valence-electron chi connectivity index (χ0n) is 9.76. The fourth-order valence-corrected chi connectivity index (χ4v) is 2.65. The standard InChI is InChI=1S/C12H9ClF2N2OS/c1-5-4-19-11(9(5)13)12(18)17-10-7(15)2-6(14)3-8(10)16/h2-4H,16H2,1H3,(H,17,18). The smallest absolute Gasteiger partial charge is 0.267 e. The van der Waals surface area contributed by atoms with Gasteiger partial charge in [-0.15, -0.1) is 11.3 Å². The van der Waals surface area contributed by atoms with Crippen LogP contribution in [0.3, 0.4) is 0 Å². The zero-order valence-corrected chi connectivity index (χ0v) is 11.3. The van der Waals surface area contributed by atoms with Crippen molar-refractivity contribution < 1.29 is 13.6 Å². The molecule has 1 heterocycles. The summed E-state index contributed by atoms with van der Waals surface area (Å²) in [6, 6.07) is 1.58. The first kappa shape index (κ1) is 13.8. The molecule has 0 aliphatic carbocycles. The van der Waals surface area contributed by atoms with Gasteiger partial charge in [-0.05, 0) is 23.9 Å². The molecule has 0 unspecified atom stereocenters. The first-order valence-electron chi connectivity index (χ1n) is 5.19. The number of hydrogen-bond acceptors (Lipinski definition) is 3. The Morgan fingerprint density at radius 3 is 2.63 bits per heavy atom. The summed E-state index contributed by atoms with van der Waals surface area (Å²) in [6.07, 6.45) is 0. The Labute approximate surface area is 117 Å². The first-order valence-corrected chi connectivity index (χ1v) is 6.45. The second-order valence-electron chi connectivity index (χ2n) is 3.87. The molecule has 1 amide bonds. The molecule has 0 aliphatic rings. The van der Waals surface area contributed by atoms with Gasteiger partial charge in [0, 0.05) is 6.07 Å². The van der Waals surface area contributed by atoms with Gasteiger partial charge in [-0.3, -0.25) is 4.79 Å². The molecule has 3 N–H and O–H groups in total. The van der Waals surface area contributed by atoms with Crippen LogP contribution in [0.2, 0.25) is 5.02 Å². The van der Waals surface area contributed by atoms with Gasteiger partial charge in [0.2, 0.25) is 0 Å². The highest BCUT2D eigenvalue weighted by Crippen LogP contribution is 2.30. The number of hydrogen-bond donors (Lipinski definition) is 2. The Morgan fingerprint density at radius 2 is 2.11 bits per heavy atom. The van der Waals surface area contributed by atoms with Crippen molar-refractivity contribution in [2.75, 3.05) is 11.1 Å². The number of nitrogens with two attached hydrogens (primary N) is 1. The summed E-state index contributed by atoms with van der Waals surface area (Å²) in [5, 5.41) is 4.32. The van der Waals surface area contributed by atoms with E-state index in [2.05, 4.69) is 5.32 Å². The molecule has 3 nitrogen and oxygen atoms in total. The van der Waals surface area contributed by atoms with Crippen molar-refractivity contribution in [2.45, 2.75) is 6.92 Å². The lowest BCUT2D eigenvalue weighted by Gasteiger charge is -2.09. The van der Waals surface area contributed by atoms with Crippen LogP contribution in [-0.4, -0.2) is 5.91 Å². The average molecular weight is 303 g/mol. The van der Waals surface area contributed by atoms with Crippen molar-refractivity contribution in [1.29, 1.82) is 0 Å². The number of carbonyl (C=O) groups is 1. The number of amides is 1. The lowest BCUT2D eigenvalue weighted by atomic mass is 10.2. The Balaban J connectivity index is 2.32. The quantitative estimate of drug-likeness (QED) is 0.829. The first-order chi connectivity index (χ1) is 8.90. The highest BCUT2D eigenvalue weighted by molar-refractivity contribution is 7.13. The number of benzene rings is 1. The third-order valence-corrected chi connectivity index (χ3v) is 4.13. The number of thiophene rings is 1. The number of halogens is 3. The molecule has 0 aliphatic heterocycles. The molecule has 0 bridgehead atoms. The fraction of sp³-hybridized carbons (Fsp3) is 0.0833. The highest BCUT2D eigenvalue weighted by Gasteiger charge is 2.18. The summed E-state index contributed by atoms with van der Waals surface area (Å²) in [5.41, 5.74) is 5.78. The molecule has 0 fully saturated rings. The van der Waals surface area contributed by atoms with E-state index in [4.69, 9.17) is 17.3 Å². The van der Waals surface area contributed by atoms with Gasteiger partial charge in [0.05, 0.1) is 10.7 Å². The highest BCUT2D eigenvalue weighted by atomic mass is 35.5. The molecule has 1 aromatic carbocycles. The van der Waals surface area contributed by atoms with E-state index in [-0.39, 0.29) is 16.3 Å². The number of nitrogen functional groups attached to an aromatic ring is 1. The van der Waals surface area contributed by atoms with E-state index < -0.39 is 17.5 Å². The van der Waals surface area contributed by atoms with E-state index in [9.17, 15) is 13.6 Å². The van der Waals surface area contributed by atoms with E-state index in [1.54, 1.807) is 12.3 Å². The lowest BCUT2D eigenvalue weighted by molar-refractivity contribution is 0.103. The van der Waals surface area contributed by atoms with Gasteiger partial charge in [0.1, 0.15) is 16.4 Å². The molecular formula is C12H9ClF2N2OS. The van der Waals surface area contributed by atoms with Crippen LogP contribution in [0.4, 0.5) is 20.2 Å².